The first-order chi connectivity index (χ1) is 9.11. The summed E-state index contributed by atoms with van der Waals surface area (Å²) in [5, 5.41) is 0.690. The number of anilines is 2. The molecule has 0 aliphatic carbocycles. The number of nitrogen functional groups attached to an aromatic ring is 1. The molecule has 0 heterocycles. The summed E-state index contributed by atoms with van der Waals surface area (Å²) < 4.78 is 5.23. The number of hydrogen-bond acceptors (Lipinski definition) is 3. The number of methoxy groups -OCH3 is 1. The Morgan fingerprint density at radius 2 is 1.95 bits per heavy atom. The lowest BCUT2D eigenvalue weighted by molar-refractivity contribution is 0.415. The normalized spacial score (nSPS) is 10.3. The van der Waals surface area contributed by atoms with Gasteiger partial charge in [0.1, 0.15) is 5.75 Å². The summed E-state index contributed by atoms with van der Waals surface area (Å²) in [6.07, 6.45) is 0. The predicted octanol–water partition coefficient (Wildman–Crippen LogP) is 3.57. The Labute approximate surface area is 118 Å². The van der Waals surface area contributed by atoms with Crippen molar-refractivity contribution in [2.75, 3.05) is 24.8 Å². The number of nitrogens with zero attached hydrogens (tertiary/aromatic N) is 1. The summed E-state index contributed by atoms with van der Waals surface area (Å²) in [7, 11) is 3.66. The Morgan fingerprint density at radius 3 is 2.63 bits per heavy atom. The van der Waals surface area contributed by atoms with Crippen molar-refractivity contribution in [3.63, 3.8) is 0 Å². The topological polar surface area (TPSA) is 38.5 Å². The highest BCUT2D eigenvalue weighted by atomic mass is 35.5. The van der Waals surface area contributed by atoms with Gasteiger partial charge >= 0.3 is 0 Å². The second-order valence-corrected chi connectivity index (χ2v) is 4.77. The van der Waals surface area contributed by atoms with Crippen LogP contribution in [-0.4, -0.2) is 14.2 Å². The van der Waals surface area contributed by atoms with Gasteiger partial charge in [-0.25, -0.2) is 0 Å². The van der Waals surface area contributed by atoms with E-state index in [0.29, 0.717) is 17.3 Å². The molecule has 2 N–H and O–H groups in total. The van der Waals surface area contributed by atoms with E-state index < -0.39 is 0 Å². The number of ether oxygens (including phenoxy) is 1. The van der Waals surface area contributed by atoms with Crippen LogP contribution in [-0.2, 0) is 6.54 Å². The van der Waals surface area contributed by atoms with Gasteiger partial charge < -0.3 is 15.4 Å². The second kappa shape index (κ2) is 5.85. The molecule has 0 aliphatic rings. The van der Waals surface area contributed by atoms with Crippen molar-refractivity contribution in [2.24, 2.45) is 0 Å². The van der Waals surface area contributed by atoms with E-state index in [9.17, 15) is 0 Å². The summed E-state index contributed by atoms with van der Waals surface area (Å²) >= 11 is 6.19. The molecule has 0 amide bonds. The number of benzene rings is 2. The van der Waals surface area contributed by atoms with Gasteiger partial charge in [0, 0.05) is 41.6 Å². The summed E-state index contributed by atoms with van der Waals surface area (Å²) in [4.78, 5) is 2.08. The molecule has 2 rings (SSSR count). The minimum absolute atomic E-state index is 0.651. The molecule has 0 radical (unpaired) electrons. The second-order valence-electron chi connectivity index (χ2n) is 4.37. The minimum atomic E-state index is 0.651. The van der Waals surface area contributed by atoms with E-state index in [1.807, 2.05) is 49.5 Å². The van der Waals surface area contributed by atoms with Crippen LogP contribution < -0.4 is 15.4 Å². The molecule has 0 bridgehead atoms. The zero-order valence-electron chi connectivity index (χ0n) is 11.1. The Kier molecular flexibility index (Phi) is 4.17. The number of halogens is 1. The average Bonchev–Trinajstić information content (AvgIpc) is 2.43. The van der Waals surface area contributed by atoms with Gasteiger partial charge in [0.15, 0.2) is 0 Å². The summed E-state index contributed by atoms with van der Waals surface area (Å²) in [5.41, 5.74) is 8.67. The standard InChI is InChI=1S/C15H17ClN2O/c1-18(11-5-3-6-12(9-11)19-2)10-13-14(16)7-4-8-15(13)17/h3-9H,10,17H2,1-2H3. The van der Waals surface area contributed by atoms with Gasteiger partial charge in [0.2, 0.25) is 0 Å². The van der Waals surface area contributed by atoms with Crippen LogP contribution >= 0.6 is 11.6 Å². The Bertz CT molecular complexity index is 552. The van der Waals surface area contributed by atoms with Crippen LogP contribution in [0.1, 0.15) is 5.56 Å². The van der Waals surface area contributed by atoms with E-state index in [0.717, 1.165) is 17.0 Å². The molecule has 3 nitrogen and oxygen atoms in total. The summed E-state index contributed by atoms with van der Waals surface area (Å²) in [6.45, 7) is 0.651. The highest BCUT2D eigenvalue weighted by molar-refractivity contribution is 6.31. The molecular weight excluding hydrogens is 260 g/mol. The van der Waals surface area contributed by atoms with Gasteiger partial charge in [-0.15, -0.1) is 0 Å². The first kappa shape index (κ1) is 13.6. The third kappa shape index (κ3) is 3.12. The van der Waals surface area contributed by atoms with Crippen molar-refractivity contribution in [3.8, 4) is 5.75 Å². The SMILES string of the molecule is COc1cccc(N(C)Cc2c(N)cccc2Cl)c1. The summed E-state index contributed by atoms with van der Waals surface area (Å²) in [6, 6.07) is 13.4. The van der Waals surface area contributed by atoms with Crippen molar-refractivity contribution < 1.29 is 4.74 Å². The number of hydrogen-bond donors (Lipinski definition) is 1. The molecule has 0 spiro atoms. The maximum absolute atomic E-state index is 6.19. The van der Waals surface area contributed by atoms with E-state index in [4.69, 9.17) is 22.1 Å². The zero-order valence-corrected chi connectivity index (χ0v) is 11.8. The fourth-order valence-electron chi connectivity index (χ4n) is 1.92. The quantitative estimate of drug-likeness (QED) is 0.868. The Morgan fingerprint density at radius 1 is 1.21 bits per heavy atom. The maximum Gasteiger partial charge on any atom is 0.120 e. The molecule has 0 fully saturated rings. The third-order valence-corrected chi connectivity index (χ3v) is 3.40. The molecule has 2 aromatic carbocycles. The van der Waals surface area contributed by atoms with Gasteiger partial charge in [-0.2, -0.15) is 0 Å². The Hall–Kier alpha value is -1.87. The molecule has 0 atom stereocenters. The molecule has 0 aliphatic heterocycles. The van der Waals surface area contributed by atoms with Crippen LogP contribution in [0.4, 0.5) is 11.4 Å². The van der Waals surface area contributed by atoms with E-state index >= 15 is 0 Å². The van der Waals surface area contributed by atoms with Crippen LogP contribution in [0.5, 0.6) is 5.75 Å². The molecular formula is C15H17ClN2O. The smallest absolute Gasteiger partial charge is 0.120 e. The van der Waals surface area contributed by atoms with Gasteiger partial charge in [-0.1, -0.05) is 23.7 Å². The van der Waals surface area contributed by atoms with Gasteiger partial charge in [0.05, 0.1) is 7.11 Å². The molecule has 100 valence electrons. The van der Waals surface area contributed by atoms with Crippen molar-refractivity contribution in [1.29, 1.82) is 0 Å². The van der Waals surface area contributed by atoms with E-state index in [1.165, 1.54) is 0 Å². The Balaban J connectivity index is 2.23. The number of rotatable bonds is 4. The lowest BCUT2D eigenvalue weighted by atomic mass is 10.1. The highest BCUT2D eigenvalue weighted by Crippen LogP contribution is 2.26. The monoisotopic (exact) mass is 276 g/mol. The molecule has 2 aromatic rings. The fourth-order valence-corrected chi connectivity index (χ4v) is 2.16. The van der Waals surface area contributed by atoms with Gasteiger partial charge in [0.25, 0.3) is 0 Å². The minimum Gasteiger partial charge on any atom is -0.497 e. The largest absolute Gasteiger partial charge is 0.497 e. The van der Waals surface area contributed by atoms with Crippen LogP contribution in [0.3, 0.4) is 0 Å². The molecule has 0 saturated heterocycles. The molecule has 0 aromatic heterocycles. The van der Waals surface area contributed by atoms with Gasteiger partial charge in [-0.05, 0) is 24.3 Å². The van der Waals surface area contributed by atoms with Crippen molar-refractivity contribution in [2.45, 2.75) is 6.54 Å². The molecule has 4 heteroatoms. The van der Waals surface area contributed by atoms with Crippen molar-refractivity contribution in [1.82, 2.24) is 0 Å². The van der Waals surface area contributed by atoms with E-state index in [-0.39, 0.29) is 0 Å². The van der Waals surface area contributed by atoms with Crippen LogP contribution in [0, 0.1) is 0 Å². The fraction of sp³-hybridized carbons (Fsp3) is 0.200. The van der Waals surface area contributed by atoms with E-state index in [1.54, 1.807) is 7.11 Å². The maximum atomic E-state index is 6.19. The molecule has 0 saturated carbocycles. The molecule has 0 unspecified atom stereocenters. The summed E-state index contributed by atoms with van der Waals surface area (Å²) in [5.74, 6) is 0.830. The van der Waals surface area contributed by atoms with Crippen LogP contribution in [0.15, 0.2) is 42.5 Å². The van der Waals surface area contributed by atoms with Crippen molar-refractivity contribution >= 4 is 23.0 Å². The highest BCUT2D eigenvalue weighted by Gasteiger charge is 2.09. The van der Waals surface area contributed by atoms with Crippen LogP contribution in [0.25, 0.3) is 0 Å². The predicted molar refractivity (Wildman–Crippen MR) is 81.0 cm³/mol. The first-order valence-corrected chi connectivity index (χ1v) is 6.37. The van der Waals surface area contributed by atoms with E-state index in [2.05, 4.69) is 4.90 Å². The zero-order chi connectivity index (χ0) is 13.8. The lowest BCUT2D eigenvalue weighted by Gasteiger charge is -2.21. The number of nitrogens with two attached hydrogens (primary N) is 1. The van der Waals surface area contributed by atoms with Crippen LogP contribution in [0.2, 0.25) is 5.02 Å². The lowest BCUT2D eigenvalue weighted by Crippen LogP contribution is -2.17. The third-order valence-electron chi connectivity index (χ3n) is 3.04. The average molecular weight is 277 g/mol. The first-order valence-electron chi connectivity index (χ1n) is 6.00. The van der Waals surface area contributed by atoms with Crippen molar-refractivity contribution in [3.05, 3.63) is 53.1 Å². The molecule has 19 heavy (non-hydrogen) atoms. The van der Waals surface area contributed by atoms with Gasteiger partial charge in [-0.3, -0.25) is 0 Å².